The Morgan fingerprint density at radius 1 is 0.973 bits per heavy atom. The summed E-state index contributed by atoms with van der Waals surface area (Å²) in [5, 5.41) is 4.50. The van der Waals surface area contributed by atoms with Crippen molar-refractivity contribution in [3.63, 3.8) is 0 Å². The van der Waals surface area contributed by atoms with Gasteiger partial charge in [-0.1, -0.05) is 6.07 Å². The van der Waals surface area contributed by atoms with E-state index in [9.17, 15) is 53.1 Å². The van der Waals surface area contributed by atoms with Crippen LogP contribution >= 0.6 is 15.9 Å². The molecule has 0 atom stereocenters. The van der Waals surface area contributed by atoms with E-state index >= 15 is 0 Å². The zero-order chi connectivity index (χ0) is 28.0. The van der Waals surface area contributed by atoms with Gasteiger partial charge in [-0.05, 0) is 59.0 Å². The molecule has 0 heterocycles. The number of hydrogen-bond donors (Lipinski definition) is 2. The highest BCUT2D eigenvalue weighted by Gasteiger charge is 2.73. The fourth-order valence-electron chi connectivity index (χ4n) is 3.20. The summed E-state index contributed by atoms with van der Waals surface area (Å²) in [6.07, 6.45) is -17.2. The van der Waals surface area contributed by atoms with Crippen LogP contribution in [0, 0.1) is 11.7 Å². The third-order valence-electron chi connectivity index (χ3n) is 5.22. The average molecular weight is 615 g/mol. The van der Waals surface area contributed by atoms with Gasteiger partial charge in [0.05, 0.1) is 16.9 Å². The van der Waals surface area contributed by atoms with Crippen molar-refractivity contribution in [3.05, 3.63) is 51.7 Å². The lowest BCUT2D eigenvalue weighted by atomic mass is 9.93. The largest absolute Gasteiger partial charge is 0.573 e. The van der Waals surface area contributed by atoms with Gasteiger partial charge in [0.1, 0.15) is 0 Å². The zero-order valence-electron chi connectivity index (χ0n) is 17.9. The molecule has 37 heavy (non-hydrogen) atoms. The minimum absolute atomic E-state index is 0.121. The molecule has 1 aliphatic rings. The highest BCUT2D eigenvalue weighted by molar-refractivity contribution is 9.10. The number of hydrogen-bond acceptors (Lipinski definition) is 3. The van der Waals surface area contributed by atoms with Crippen LogP contribution in [0.5, 0.6) is 5.75 Å². The molecule has 16 heteroatoms. The zero-order valence-corrected chi connectivity index (χ0v) is 19.5. The van der Waals surface area contributed by atoms with Crippen LogP contribution in [0.25, 0.3) is 0 Å². The molecule has 1 saturated carbocycles. The summed E-state index contributed by atoms with van der Waals surface area (Å²) in [6.45, 7) is 0.377. The first-order valence-corrected chi connectivity index (χ1v) is 10.9. The number of carbonyl (C=O) groups excluding carboxylic acids is 1. The summed E-state index contributed by atoms with van der Waals surface area (Å²) in [5.74, 6) is -4.07. The van der Waals surface area contributed by atoms with E-state index in [4.69, 9.17) is 0 Å². The number of halogens is 12. The smallest absolute Gasteiger partial charge is 0.404 e. The third-order valence-corrected chi connectivity index (χ3v) is 5.84. The Hall–Kier alpha value is -2.78. The van der Waals surface area contributed by atoms with Crippen molar-refractivity contribution in [1.82, 2.24) is 0 Å². The molecule has 0 spiro atoms. The lowest BCUT2D eigenvalue weighted by Crippen LogP contribution is -2.50. The molecule has 0 aromatic heterocycles. The summed E-state index contributed by atoms with van der Waals surface area (Å²) in [7, 11) is 0. The van der Waals surface area contributed by atoms with Gasteiger partial charge in [-0.15, -0.1) is 13.2 Å². The first-order valence-electron chi connectivity index (χ1n) is 10.1. The van der Waals surface area contributed by atoms with Crippen molar-refractivity contribution < 1.29 is 57.8 Å². The summed E-state index contributed by atoms with van der Waals surface area (Å²) in [5.41, 5.74) is -10.4. The molecule has 2 aromatic carbocycles. The molecule has 1 amide bonds. The van der Waals surface area contributed by atoms with E-state index < -0.39 is 69.2 Å². The van der Waals surface area contributed by atoms with Crippen molar-refractivity contribution in [2.24, 2.45) is 5.92 Å². The lowest BCUT2D eigenvalue weighted by molar-refractivity contribution is -0.348. The molecule has 0 saturated heterocycles. The van der Waals surface area contributed by atoms with Gasteiger partial charge in [0.2, 0.25) is 0 Å². The molecule has 3 rings (SSSR count). The van der Waals surface area contributed by atoms with Gasteiger partial charge in [-0.3, -0.25) is 4.79 Å². The monoisotopic (exact) mass is 614 g/mol. The first kappa shape index (κ1) is 28.8. The number of carbonyl (C=O) groups is 1. The first-order chi connectivity index (χ1) is 16.8. The Kier molecular flexibility index (Phi) is 7.65. The number of benzene rings is 2. The van der Waals surface area contributed by atoms with Crippen LogP contribution in [0.2, 0.25) is 0 Å². The van der Waals surface area contributed by atoms with Crippen LogP contribution in [0.15, 0.2) is 34.8 Å². The SMILES string of the molecule is O=C(Nc1c(Br)cc(C(F)(C(F)(F)F)C(F)(F)F)cc1OC(F)(F)F)c1cccc(NCC2CC2)c1F. The Bertz CT molecular complexity index is 1160. The second-order valence-corrected chi connectivity index (χ2v) is 8.83. The molecule has 1 aliphatic carbocycles. The fourth-order valence-corrected chi connectivity index (χ4v) is 3.74. The number of anilines is 2. The molecule has 2 N–H and O–H groups in total. The Balaban J connectivity index is 2.05. The normalized spacial score (nSPS) is 14.9. The standard InChI is InChI=1S/C21H14BrF11N2O2/c22-12-6-10(18(24,19(25,26)27)20(28,29)30)7-14(37-21(31,32)33)16(12)35-17(36)11-2-1-3-13(15(11)23)34-8-9-4-5-9/h1-3,6-7,9,34H,4-5,8H2,(H,35,36). The van der Waals surface area contributed by atoms with Gasteiger partial charge in [0.25, 0.3) is 5.91 Å². The maximum Gasteiger partial charge on any atom is 0.573 e. The quantitative estimate of drug-likeness (QED) is 0.312. The molecule has 204 valence electrons. The summed E-state index contributed by atoms with van der Waals surface area (Å²) >= 11 is 2.44. The number of amides is 1. The van der Waals surface area contributed by atoms with E-state index in [1.807, 2.05) is 0 Å². The van der Waals surface area contributed by atoms with Crippen LogP contribution in [-0.4, -0.2) is 31.2 Å². The molecular formula is C21H14BrF11N2O2. The number of nitrogens with one attached hydrogen (secondary N) is 2. The highest BCUT2D eigenvalue weighted by Crippen LogP contribution is 2.55. The molecule has 0 unspecified atom stereocenters. The molecule has 0 radical (unpaired) electrons. The molecule has 0 bridgehead atoms. The maximum absolute atomic E-state index is 14.8. The molecule has 2 aromatic rings. The van der Waals surface area contributed by atoms with E-state index in [1.165, 1.54) is 12.1 Å². The predicted molar refractivity (Wildman–Crippen MR) is 111 cm³/mol. The van der Waals surface area contributed by atoms with E-state index in [2.05, 4.69) is 26.0 Å². The second kappa shape index (κ2) is 9.83. The van der Waals surface area contributed by atoms with Crippen LogP contribution in [0.1, 0.15) is 28.8 Å². The summed E-state index contributed by atoms with van der Waals surface area (Å²) in [6, 6.07) is 2.80. The number of ether oxygens (including phenoxy) is 1. The second-order valence-electron chi connectivity index (χ2n) is 7.98. The Morgan fingerprint density at radius 2 is 1.57 bits per heavy atom. The molecular weight excluding hydrogens is 601 g/mol. The predicted octanol–water partition coefficient (Wildman–Crippen LogP) is 7.85. The molecule has 1 fully saturated rings. The number of rotatable bonds is 7. The van der Waals surface area contributed by atoms with Crippen molar-refractivity contribution in [1.29, 1.82) is 0 Å². The van der Waals surface area contributed by atoms with Crippen molar-refractivity contribution in [2.75, 3.05) is 17.2 Å². The van der Waals surface area contributed by atoms with E-state index in [1.54, 1.807) is 5.32 Å². The van der Waals surface area contributed by atoms with Crippen LogP contribution in [0.4, 0.5) is 59.7 Å². The van der Waals surface area contributed by atoms with Gasteiger partial charge in [0, 0.05) is 16.6 Å². The minimum Gasteiger partial charge on any atom is -0.404 e. The summed E-state index contributed by atoms with van der Waals surface area (Å²) in [4.78, 5) is 12.6. The highest BCUT2D eigenvalue weighted by atomic mass is 79.9. The van der Waals surface area contributed by atoms with Crippen LogP contribution < -0.4 is 15.4 Å². The minimum atomic E-state index is -6.64. The third kappa shape index (κ3) is 6.21. The van der Waals surface area contributed by atoms with E-state index in [0.717, 1.165) is 18.9 Å². The molecule has 0 aliphatic heterocycles. The van der Waals surface area contributed by atoms with Crippen LogP contribution in [0.3, 0.4) is 0 Å². The van der Waals surface area contributed by atoms with Crippen molar-refractivity contribution >= 4 is 33.2 Å². The van der Waals surface area contributed by atoms with E-state index in [-0.39, 0.29) is 11.8 Å². The van der Waals surface area contributed by atoms with Gasteiger partial charge >= 0.3 is 24.4 Å². The van der Waals surface area contributed by atoms with E-state index in [0.29, 0.717) is 12.5 Å². The van der Waals surface area contributed by atoms with Gasteiger partial charge in [-0.2, -0.15) is 26.3 Å². The van der Waals surface area contributed by atoms with Crippen molar-refractivity contribution in [3.8, 4) is 5.75 Å². The topological polar surface area (TPSA) is 50.4 Å². The summed E-state index contributed by atoms with van der Waals surface area (Å²) < 4.78 is 149. The Morgan fingerprint density at radius 3 is 2.08 bits per heavy atom. The Labute approximate surface area is 209 Å². The van der Waals surface area contributed by atoms with Gasteiger partial charge in [-0.25, -0.2) is 8.78 Å². The van der Waals surface area contributed by atoms with Gasteiger partial charge < -0.3 is 15.4 Å². The molecule has 4 nitrogen and oxygen atoms in total. The fraction of sp³-hybridized carbons (Fsp3) is 0.381. The average Bonchev–Trinajstić information content (AvgIpc) is 3.56. The maximum atomic E-state index is 14.8. The van der Waals surface area contributed by atoms with Gasteiger partial charge in [0.15, 0.2) is 11.6 Å². The lowest BCUT2D eigenvalue weighted by Gasteiger charge is -2.31. The van der Waals surface area contributed by atoms with Crippen LogP contribution in [-0.2, 0) is 5.67 Å². The number of alkyl halides is 10. The van der Waals surface area contributed by atoms with Crippen molar-refractivity contribution in [2.45, 2.75) is 37.2 Å².